The van der Waals surface area contributed by atoms with Gasteiger partial charge in [0.15, 0.2) is 15.5 Å². The number of anilines is 2. The number of methoxy groups -OCH3 is 1. The van der Waals surface area contributed by atoms with E-state index in [1.54, 1.807) is 30.8 Å². The molecule has 0 radical (unpaired) electrons. The van der Waals surface area contributed by atoms with Crippen molar-refractivity contribution in [1.82, 2.24) is 14.7 Å². The second kappa shape index (κ2) is 11.2. The normalized spacial score (nSPS) is 11.1. The molecule has 1 N–H and O–H groups in total. The van der Waals surface area contributed by atoms with Crippen molar-refractivity contribution in [3.05, 3.63) is 52.0 Å². The van der Waals surface area contributed by atoms with Crippen LogP contribution in [0.5, 0.6) is 17.2 Å². The molecule has 0 fully saturated rings. The predicted molar refractivity (Wildman–Crippen MR) is 123 cm³/mol. The Morgan fingerprint density at radius 2 is 1.97 bits per heavy atom. The van der Waals surface area contributed by atoms with Crippen molar-refractivity contribution in [2.75, 3.05) is 26.1 Å². The molecule has 7 nitrogen and oxygen atoms in total. The average Bonchev–Trinajstić information content (AvgIpc) is 3.08. The molecule has 32 heavy (non-hydrogen) atoms. The van der Waals surface area contributed by atoms with Crippen LogP contribution >= 0.6 is 23.6 Å². The molecule has 0 saturated heterocycles. The first-order valence-electron chi connectivity index (χ1n) is 9.76. The van der Waals surface area contributed by atoms with Crippen LogP contribution in [-0.2, 0) is 13.2 Å². The lowest BCUT2D eigenvalue weighted by Gasteiger charge is -2.18. The lowest BCUT2D eigenvalue weighted by Crippen LogP contribution is -2.22. The minimum Gasteiger partial charge on any atom is -0.495 e. The molecule has 0 saturated carbocycles. The summed E-state index contributed by atoms with van der Waals surface area (Å²) in [7, 11) is 3.53. The van der Waals surface area contributed by atoms with Gasteiger partial charge in [-0.3, -0.25) is 4.90 Å². The van der Waals surface area contributed by atoms with Gasteiger partial charge in [-0.25, -0.2) is 4.68 Å². The fourth-order valence-corrected chi connectivity index (χ4v) is 4.02. The summed E-state index contributed by atoms with van der Waals surface area (Å²) in [5, 5.41) is 8.44. The van der Waals surface area contributed by atoms with Crippen LogP contribution in [0.15, 0.2) is 42.5 Å². The van der Waals surface area contributed by atoms with Crippen LogP contribution in [0.2, 0.25) is 0 Å². The third kappa shape index (κ3) is 6.38. The first kappa shape index (κ1) is 23.9. The monoisotopic (exact) mass is 482 g/mol. The molecule has 1 heterocycles. The Morgan fingerprint density at radius 3 is 2.69 bits per heavy atom. The number of alkyl halides is 2. The highest BCUT2D eigenvalue weighted by molar-refractivity contribution is 7.73. The van der Waals surface area contributed by atoms with Crippen molar-refractivity contribution >= 4 is 34.4 Å². The Kier molecular flexibility index (Phi) is 8.37. The predicted octanol–water partition coefficient (Wildman–Crippen LogP) is 5.52. The van der Waals surface area contributed by atoms with E-state index in [1.165, 1.54) is 17.4 Å². The Labute approximate surface area is 194 Å². The molecular formula is C21H24F2N4O3S2. The molecular weight excluding hydrogens is 458 g/mol. The number of ether oxygens (including phenoxy) is 3. The van der Waals surface area contributed by atoms with Crippen LogP contribution in [0.3, 0.4) is 0 Å². The average molecular weight is 483 g/mol. The number of benzene rings is 2. The third-order valence-electron chi connectivity index (χ3n) is 4.31. The van der Waals surface area contributed by atoms with Gasteiger partial charge in [0.2, 0.25) is 5.13 Å². The van der Waals surface area contributed by atoms with Gasteiger partial charge in [-0.05, 0) is 56.0 Å². The largest absolute Gasteiger partial charge is 0.495 e. The van der Waals surface area contributed by atoms with E-state index in [0.717, 1.165) is 11.3 Å². The second-order valence-electron chi connectivity index (χ2n) is 6.75. The minimum atomic E-state index is -2.91. The van der Waals surface area contributed by atoms with E-state index in [1.807, 2.05) is 36.2 Å². The van der Waals surface area contributed by atoms with Crippen molar-refractivity contribution in [2.45, 2.75) is 26.7 Å². The fraction of sp³-hybridized carbons (Fsp3) is 0.333. The number of halogens is 2. The summed E-state index contributed by atoms with van der Waals surface area (Å²) in [5.74, 6) is 1.01. The number of hydrogen-bond acceptors (Lipinski definition) is 8. The summed E-state index contributed by atoms with van der Waals surface area (Å²) < 4.78 is 42.9. The first-order valence-corrected chi connectivity index (χ1v) is 11.0. The molecule has 11 heteroatoms. The van der Waals surface area contributed by atoms with Crippen molar-refractivity contribution in [1.29, 1.82) is 0 Å². The molecule has 0 amide bonds. The summed E-state index contributed by atoms with van der Waals surface area (Å²) in [6, 6.07) is 12.5. The summed E-state index contributed by atoms with van der Waals surface area (Å²) in [6.07, 6.45) is 0. The molecule has 0 aliphatic rings. The van der Waals surface area contributed by atoms with E-state index >= 15 is 0 Å². The smallest absolute Gasteiger partial charge is 0.387 e. The zero-order valence-corrected chi connectivity index (χ0v) is 19.5. The van der Waals surface area contributed by atoms with Crippen LogP contribution in [0.1, 0.15) is 12.5 Å². The van der Waals surface area contributed by atoms with Crippen molar-refractivity contribution in [3.63, 3.8) is 0 Å². The molecule has 1 aromatic heterocycles. The van der Waals surface area contributed by atoms with E-state index in [2.05, 4.69) is 15.2 Å². The van der Waals surface area contributed by atoms with Crippen molar-refractivity contribution in [3.8, 4) is 17.2 Å². The Bertz CT molecular complexity index is 1090. The van der Waals surface area contributed by atoms with Crippen LogP contribution in [0.25, 0.3) is 0 Å². The topological polar surface area (TPSA) is 60.8 Å². The van der Waals surface area contributed by atoms with Crippen LogP contribution in [-0.4, -0.2) is 42.1 Å². The maximum absolute atomic E-state index is 12.6. The second-order valence-corrected chi connectivity index (χ2v) is 8.37. The maximum atomic E-state index is 12.6. The Hall–Kier alpha value is -2.76. The van der Waals surface area contributed by atoms with Crippen LogP contribution in [0, 0.1) is 3.95 Å². The van der Waals surface area contributed by atoms with E-state index in [0.29, 0.717) is 34.7 Å². The van der Waals surface area contributed by atoms with Crippen molar-refractivity contribution in [2.24, 2.45) is 0 Å². The van der Waals surface area contributed by atoms with Crippen LogP contribution < -0.4 is 19.5 Å². The van der Waals surface area contributed by atoms with Gasteiger partial charge >= 0.3 is 6.61 Å². The Morgan fingerprint density at radius 1 is 1.19 bits per heavy atom. The van der Waals surface area contributed by atoms with Gasteiger partial charge in [0.1, 0.15) is 5.75 Å². The lowest BCUT2D eigenvalue weighted by atomic mass is 10.2. The molecule has 0 atom stereocenters. The third-order valence-corrected chi connectivity index (χ3v) is 5.53. The highest BCUT2D eigenvalue weighted by atomic mass is 32.1. The number of nitrogens with one attached hydrogen (secondary N) is 1. The SMILES string of the molecule is CCOc1cc(CN(C)Cn2nc(Nc3ccccc3OC)sc2=S)ccc1OC(F)F. The van der Waals surface area contributed by atoms with Crippen molar-refractivity contribution < 1.29 is 23.0 Å². The van der Waals surface area contributed by atoms with Gasteiger partial charge in [-0.15, -0.1) is 5.10 Å². The molecule has 2 aromatic carbocycles. The van der Waals surface area contributed by atoms with E-state index in [9.17, 15) is 8.78 Å². The standard InChI is InChI=1S/C21H24F2N4O3S2/c1-4-29-18-11-14(9-10-17(18)30-19(22)23)12-26(2)13-27-21(31)32-20(25-27)24-15-7-5-6-8-16(15)28-3/h5-11,19H,4,12-13H2,1-3H3,(H,24,25). The molecule has 0 aliphatic carbocycles. The first-order chi connectivity index (χ1) is 15.4. The van der Waals surface area contributed by atoms with Gasteiger partial charge in [0.25, 0.3) is 0 Å². The van der Waals surface area contributed by atoms with Gasteiger partial charge < -0.3 is 19.5 Å². The highest BCUT2D eigenvalue weighted by Gasteiger charge is 2.13. The molecule has 0 bridgehead atoms. The van der Waals surface area contributed by atoms with E-state index in [4.69, 9.17) is 21.7 Å². The summed E-state index contributed by atoms with van der Waals surface area (Å²) in [6.45, 7) is 0.194. The van der Waals surface area contributed by atoms with E-state index in [-0.39, 0.29) is 11.5 Å². The zero-order valence-electron chi connectivity index (χ0n) is 17.9. The minimum absolute atomic E-state index is 0.0158. The summed E-state index contributed by atoms with van der Waals surface area (Å²) in [4.78, 5) is 2.00. The zero-order chi connectivity index (χ0) is 23.1. The van der Waals surface area contributed by atoms with Gasteiger partial charge in [0, 0.05) is 6.54 Å². The molecule has 172 valence electrons. The molecule has 3 aromatic rings. The quantitative estimate of drug-likeness (QED) is 0.361. The molecule has 0 spiro atoms. The van der Waals surface area contributed by atoms with Gasteiger partial charge in [0.05, 0.1) is 26.1 Å². The van der Waals surface area contributed by atoms with E-state index < -0.39 is 6.61 Å². The molecule has 3 rings (SSSR count). The number of aromatic nitrogens is 2. The number of hydrogen-bond donors (Lipinski definition) is 1. The fourth-order valence-electron chi connectivity index (χ4n) is 3.01. The van der Waals surface area contributed by atoms with Gasteiger partial charge in [-0.1, -0.05) is 29.5 Å². The number of nitrogens with zero attached hydrogens (tertiary/aromatic N) is 3. The molecule has 0 aliphatic heterocycles. The Balaban J connectivity index is 1.68. The van der Waals surface area contributed by atoms with Crippen LogP contribution in [0.4, 0.5) is 19.6 Å². The summed E-state index contributed by atoms with van der Waals surface area (Å²) >= 11 is 6.82. The summed E-state index contributed by atoms with van der Waals surface area (Å²) in [5.41, 5.74) is 1.68. The maximum Gasteiger partial charge on any atom is 0.387 e. The number of rotatable bonds is 11. The molecule has 0 unspecified atom stereocenters. The lowest BCUT2D eigenvalue weighted by molar-refractivity contribution is -0.0514. The number of para-hydroxylation sites is 2. The van der Waals surface area contributed by atoms with Gasteiger partial charge in [-0.2, -0.15) is 8.78 Å². The highest BCUT2D eigenvalue weighted by Crippen LogP contribution is 2.31.